The van der Waals surface area contributed by atoms with Gasteiger partial charge in [-0.25, -0.2) is 0 Å². The number of likely N-dealkylation sites (N-methyl/N-ethyl adjacent to an activating group) is 1. The number of hydrogen-bond acceptors (Lipinski definition) is 6. The van der Waals surface area contributed by atoms with E-state index in [1.165, 1.54) is 0 Å². The summed E-state index contributed by atoms with van der Waals surface area (Å²) in [4.78, 5) is 18.1. The number of hydrogen-bond donors (Lipinski definition) is 0. The summed E-state index contributed by atoms with van der Waals surface area (Å²) < 4.78 is 15.6. The standard InChI is InChI=1S/C13H21N3O4/c1-13(6-4-7-19-13)12(17)16(2)9-11-14-10(15-20-11)5-8-18-3/h4-9H2,1-3H3/t13-/m0/s1. The van der Waals surface area contributed by atoms with Crippen molar-refractivity contribution in [3.8, 4) is 0 Å². The average Bonchev–Trinajstić information content (AvgIpc) is 3.05. The Morgan fingerprint density at radius 2 is 2.35 bits per heavy atom. The number of carbonyl (C=O) groups is 1. The molecule has 1 saturated heterocycles. The molecule has 1 aliphatic heterocycles. The number of rotatable bonds is 6. The molecule has 0 bridgehead atoms. The van der Waals surface area contributed by atoms with E-state index in [4.69, 9.17) is 14.0 Å². The lowest BCUT2D eigenvalue weighted by atomic mass is 10.0. The Bertz CT molecular complexity index is 454. The molecule has 1 atom stereocenters. The van der Waals surface area contributed by atoms with Crippen LogP contribution in [0.3, 0.4) is 0 Å². The van der Waals surface area contributed by atoms with E-state index in [9.17, 15) is 4.79 Å². The summed E-state index contributed by atoms with van der Waals surface area (Å²) in [6, 6.07) is 0. The summed E-state index contributed by atoms with van der Waals surface area (Å²) in [6.45, 7) is 3.30. The zero-order valence-electron chi connectivity index (χ0n) is 12.2. The van der Waals surface area contributed by atoms with Gasteiger partial charge in [0.05, 0.1) is 13.2 Å². The van der Waals surface area contributed by atoms with E-state index in [-0.39, 0.29) is 12.5 Å². The van der Waals surface area contributed by atoms with Crippen molar-refractivity contribution in [2.75, 3.05) is 27.4 Å². The maximum atomic E-state index is 12.3. The molecule has 0 aromatic carbocycles. The zero-order chi connectivity index (χ0) is 14.6. The highest BCUT2D eigenvalue weighted by Gasteiger charge is 2.39. The van der Waals surface area contributed by atoms with Crippen LogP contribution in [0.15, 0.2) is 4.52 Å². The topological polar surface area (TPSA) is 77.7 Å². The van der Waals surface area contributed by atoms with Crippen molar-refractivity contribution >= 4 is 5.91 Å². The van der Waals surface area contributed by atoms with Gasteiger partial charge in [-0.3, -0.25) is 4.79 Å². The number of nitrogens with zero attached hydrogens (tertiary/aromatic N) is 3. The molecule has 2 rings (SSSR count). The van der Waals surface area contributed by atoms with E-state index in [0.717, 1.165) is 12.8 Å². The number of methoxy groups -OCH3 is 1. The summed E-state index contributed by atoms with van der Waals surface area (Å²) in [5.74, 6) is 0.964. The minimum Gasteiger partial charge on any atom is -0.384 e. The van der Waals surface area contributed by atoms with Gasteiger partial charge < -0.3 is 18.9 Å². The molecule has 0 radical (unpaired) electrons. The first kappa shape index (κ1) is 14.9. The Morgan fingerprint density at radius 1 is 1.55 bits per heavy atom. The van der Waals surface area contributed by atoms with E-state index in [2.05, 4.69) is 10.1 Å². The lowest BCUT2D eigenvalue weighted by Crippen LogP contribution is -2.44. The van der Waals surface area contributed by atoms with Gasteiger partial charge in [0.25, 0.3) is 5.91 Å². The largest absolute Gasteiger partial charge is 0.384 e. The molecule has 1 aromatic heterocycles. The molecule has 1 amide bonds. The van der Waals surface area contributed by atoms with Crippen molar-refractivity contribution in [3.05, 3.63) is 11.7 Å². The number of amides is 1. The van der Waals surface area contributed by atoms with Crippen molar-refractivity contribution in [3.63, 3.8) is 0 Å². The van der Waals surface area contributed by atoms with Gasteiger partial charge in [-0.15, -0.1) is 0 Å². The highest BCUT2D eigenvalue weighted by Crippen LogP contribution is 2.27. The quantitative estimate of drug-likeness (QED) is 0.768. The van der Waals surface area contributed by atoms with Crippen LogP contribution in [0.2, 0.25) is 0 Å². The predicted molar refractivity (Wildman–Crippen MR) is 69.9 cm³/mol. The third-order valence-corrected chi connectivity index (χ3v) is 3.43. The van der Waals surface area contributed by atoms with Crippen molar-refractivity contribution in [1.82, 2.24) is 15.0 Å². The summed E-state index contributed by atoms with van der Waals surface area (Å²) in [5.41, 5.74) is -0.715. The molecule has 7 heteroatoms. The molecule has 7 nitrogen and oxygen atoms in total. The minimum absolute atomic E-state index is 0.0494. The molecule has 112 valence electrons. The van der Waals surface area contributed by atoms with Crippen LogP contribution in [0.1, 0.15) is 31.5 Å². The van der Waals surface area contributed by atoms with Crippen LogP contribution in [-0.2, 0) is 27.2 Å². The van der Waals surface area contributed by atoms with E-state index < -0.39 is 5.60 Å². The van der Waals surface area contributed by atoms with E-state index >= 15 is 0 Å². The molecular formula is C13H21N3O4. The molecule has 1 fully saturated rings. The van der Waals surface area contributed by atoms with E-state index in [0.29, 0.717) is 31.3 Å². The van der Waals surface area contributed by atoms with Crippen LogP contribution in [0.4, 0.5) is 0 Å². The normalized spacial score (nSPS) is 22.1. The minimum atomic E-state index is -0.715. The summed E-state index contributed by atoms with van der Waals surface area (Å²) >= 11 is 0. The molecule has 20 heavy (non-hydrogen) atoms. The molecule has 1 aromatic rings. The first-order valence-corrected chi connectivity index (χ1v) is 6.75. The van der Waals surface area contributed by atoms with Gasteiger partial charge in [-0.05, 0) is 19.8 Å². The SMILES string of the molecule is COCCc1noc(CN(C)C(=O)[C@]2(C)CCCO2)n1. The van der Waals surface area contributed by atoms with Crippen molar-refractivity contribution in [1.29, 1.82) is 0 Å². The summed E-state index contributed by atoms with van der Waals surface area (Å²) in [7, 11) is 3.34. The molecular weight excluding hydrogens is 262 g/mol. The molecule has 0 aliphatic carbocycles. The lowest BCUT2D eigenvalue weighted by Gasteiger charge is -2.27. The fraction of sp³-hybridized carbons (Fsp3) is 0.769. The zero-order valence-corrected chi connectivity index (χ0v) is 12.2. The molecule has 2 heterocycles. The Labute approximate surface area is 118 Å². The van der Waals surface area contributed by atoms with Gasteiger partial charge in [0.15, 0.2) is 5.82 Å². The maximum Gasteiger partial charge on any atom is 0.254 e. The van der Waals surface area contributed by atoms with Crippen LogP contribution in [0.5, 0.6) is 0 Å². The van der Waals surface area contributed by atoms with Crippen LogP contribution >= 0.6 is 0 Å². The van der Waals surface area contributed by atoms with Gasteiger partial charge in [-0.2, -0.15) is 4.98 Å². The average molecular weight is 283 g/mol. The first-order chi connectivity index (χ1) is 9.55. The van der Waals surface area contributed by atoms with Crippen LogP contribution < -0.4 is 0 Å². The van der Waals surface area contributed by atoms with Crippen molar-refractivity contribution in [2.24, 2.45) is 0 Å². The smallest absolute Gasteiger partial charge is 0.254 e. The monoisotopic (exact) mass is 283 g/mol. The number of aromatic nitrogens is 2. The molecule has 0 N–H and O–H groups in total. The van der Waals surface area contributed by atoms with E-state index in [1.54, 1.807) is 19.1 Å². The molecule has 1 aliphatic rings. The maximum absolute atomic E-state index is 12.3. The Kier molecular flexibility index (Phi) is 4.72. The lowest BCUT2D eigenvalue weighted by molar-refractivity contribution is -0.150. The van der Waals surface area contributed by atoms with Gasteiger partial charge in [-0.1, -0.05) is 5.16 Å². The van der Waals surface area contributed by atoms with Gasteiger partial charge in [0, 0.05) is 27.2 Å². The highest BCUT2D eigenvalue weighted by atomic mass is 16.5. The Hall–Kier alpha value is -1.47. The second-order valence-corrected chi connectivity index (χ2v) is 5.19. The highest BCUT2D eigenvalue weighted by molar-refractivity contribution is 5.84. The van der Waals surface area contributed by atoms with E-state index in [1.807, 2.05) is 6.92 Å². The first-order valence-electron chi connectivity index (χ1n) is 6.75. The molecule has 0 spiro atoms. The summed E-state index contributed by atoms with van der Waals surface area (Å²) in [5, 5.41) is 3.85. The van der Waals surface area contributed by atoms with Gasteiger partial charge in [0.2, 0.25) is 5.89 Å². The predicted octanol–water partition coefficient (Wildman–Crippen LogP) is 0.786. The van der Waals surface area contributed by atoms with Crippen LogP contribution in [0.25, 0.3) is 0 Å². The van der Waals surface area contributed by atoms with Crippen molar-refractivity contribution < 1.29 is 18.8 Å². The van der Waals surface area contributed by atoms with Crippen LogP contribution in [-0.4, -0.2) is 53.9 Å². The third kappa shape index (κ3) is 3.34. The second-order valence-electron chi connectivity index (χ2n) is 5.19. The number of ether oxygens (including phenoxy) is 2. The van der Waals surface area contributed by atoms with Gasteiger partial charge in [0.1, 0.15) is 5.60 Å². The summed E-state index contributed by atoms with van der Waals surface area (Å²) in [6.07, 6.45) is 2.26. The third-order valence-electron chi connectivity index (χ3n) is 3.43. The van der Waals surface area contributed by atoms with Crippen LogP contribution in [0, 0.1) is 0 Å². The fourth-order valence-corrected chi connectivity index (χ4v) is 2.28. The Morgan fingerprint density at radius 3 is 3.00 bits per heavy atom. The molecule has 0 unspecified atom stereocenters. The molecule has 0 saturated carbocycles. The van der Waals surface area contributed by atoms with Gasteiger partial charge >= 0.3 is 0 Å². The Balaban J connectivity index is 1.92. The fourth-order valence-electron chi connectivity index (χ4n) is 2.28. The van der Waals surface area contributed by atoms with Crippen molar-refractivity contribution in [2.45, 2.75) is 38.3 Å². The number of carbonyl (C=O) groups excluding carboxylic acids is 1. The second kappa shape index (κ2) is 6.32.